The molecule has 3 heterocycles. The minimum atomic E-state index is -3.92. The molecule has 4 aliphatic carbocycles. The summed E-state index contributed by atoms with van der Waals surface area (Å²) >= 11 is 6.36. The Hall–Kier alpha value is -4.11. The van der Waals surface area contributed by atoms with Crippen LogP contribution in [-0.4, -0.2) is 83.3 Å². The summed E-state index contributed by atoms with van der Waals surface area (Å²) in [6.07, 6.45) is 11.0. The van der Waals surface area contributed by atoms with Crippen molar-refractivity contribution in [2.75, 3.05) is 6.54 Å². The van der Waals surface area contributed by atoms with Gasteiger partial charge < -0.3 is 25.0 Å². The van der Waals surface area contributed by atoms with Gasteiger partial charge in [-0.2, -0.15) is 0 Å². The van der Waals surface area contributed by atoms with E-state index in [0.717, 1.165) is 57.8 Å². The van der Waals surface area contributed by atoms with E-state index in [1.807, 2.05) is 0 Å². The summed E-state index contributed by atoms with van der Waals surface area (Å²) in [6.45, 7) is 4.14. The molecule has 314 valence electrons. The molecule has 6 aliphatic rings. The van der Waals surface area contributed by atoms with Crippen LogP contribution in [0.1, 0.15) is 103 Å². The van der Waals surface area contributed by atoms with Gasteiger partial charge >= 0.3 is 6.09 Å². The maximum atomic E-state index is 15.0. The average molecular weight is 840 g/mol. The maximum Gasteiger partial charge on any atom is 0.408 e. The Balaban J connectivity index is 1.15. The van der Waals surface area contributed by atoms with Gasteiger partial charge in [-0.3, -0.25) is 28.5 Å². The lowest BCUT2D eigenvalue weighted by Gasteiger charge is -2.35. The molecule has 2 aromatic rings. The van der Waals surface area contributed by atoms with E-state index in [-0.39, 0.29) is 48.8 Å². The molecule has 3 N–H and O–H groups in total. The number of alkyl carbamates (subject to hydrolysis) is 1. The van der Waals surface area contributed by atoms with Crippen LogP contribution in [0, 0.1) is 17.8 Å². The smallest absolute Gasteiger partial charge is 0.408 e. The molecule has 1 saturated heterocycles. The largest absolute Gasteiger partial charge is 0.473 e. The molecule has 8 rings (SSSR count). The van der Waals surface area contributed by atoms with Gasteiger partial charge in [0.25, 0.3) is 11.5 Å². The zero-order valence-electron chi connectivity index (χ0n) is 32.8. The highest BCUT2D eigenvalue weighted by Gasteiger charge is 2.62. The van der Waals surface area contributed by atoms with Crippen LogP contribution in [-0.2, 0) is 35.7 Å². The number of benzene rings is 1. The van der Waals surface area contributed by atoms with E-state index in [1.54, 1.807) is 28.8 Å². The van der Waals surface area contributed by atoms with Gasteiger partial charge in [0, 0.05) is 35.4 Å². The first kappa shape index (κ1) is 40.7. The van der Waals surface area contributed by atoms with Crippen LogP contribution < -0.4 is 25.7 Å². The van der Waals surface area contributed by atoms with Crippen molar-refractivity contribution in [3.05, 3.63) is 52.3 Å². The average Bonchev–Trinajstić information content (AvgIpc) is 4.09. The first-order valence-corrected chi connectivity index (χ1v) is 23.1. The van der Waals surface area contributed by atoms with Gasteiger partial charge in [0.15, 0.2) is 5.88 Å². The number of ether oxygens (including phenoxy) is 2. The van der Waals surface area contributed by atoms with E-state index in [2.05, 4.69) is 21.9 Å². The zero-order chi connectivity index (χ0) is 40.8. The van der Waals surface area contributed by atoms with E-state index in [4.69, 9.17) is 21.1 Å². The van der Waals surface area contributed by atoms with Gasteiger partial charge in [0.2, 0.25) is 21.8 Å². The summed E-state index contributed by atoms with van der Waals surface area (Å²) in [6, 6.07) is 4.70. The van der Waals surface area contributed by atoms with Crippen molar-refractivity contribution < 1.29 is 37.1 Å². The summed E-state index contributed by atoms with van der Waals surface area (Å²) in [5, 5.41) is 6.69. The van der Waals surface area contributed by atoms with Crippen molar-refractivity contribution in [2.45, 2.75) is 144 Å². The molecule has 14 nitrogen and oxygen atoms in total. The molecule has 1 aromatic heterocycles. The summed E-state index contributed by atoms with van der Waals surface area (Å²) in [4.78, 5) is 72.3. The number of aromatic nitrogens is 1. The molecule has 7 atom stereocenters. The molecule has 2 aliphatic heterocycles. The van der Waals surface area contributed by atoms with Gasteiger partial charge in [-0.1, -0.05) is 49.8 Å². The number of rotatable bonds is 7. The number of hydrogen-bond acceptors (Lipinski definition) is 9. The fourth-order valence-corrected chi connectivity index (χ4v) is 11.4. The second-order valence-electron chi connectivity index (χ2n) is 17.3. The summed E-state index contributed by atoms with van der Waals surface area (Å²) in [7, 11) is -3.92. The number of carbonyl (C=O) groups is 4. The molecule has 5 fully saturated rings. The minimum absolute atomic E-state index is 0.00175. The van der Waals surface area contributed by atoms with E-state index < -0.39 is 68.7 Å². The number of fused-ring (bicyclic) bond motifs is 5. The van der Waals surface area contributed by atoms with E-state index in [1.165, 1.54) is 11.0 Å². The molecule has 0 unspecified atom stereocenters. The summed E-state index contributed by atoms with van der Waals surface area (Å²) in [5.74, 6) is -2.21. The van der Waals surface area contributed by atoms with Gasteiger partial charge in [-0.25, -0.2) is 13.2 Å². The van der Waals surface area contributed by atoms with Crippen molar-refractivity contribution >= 4 is 56.2 Å². The van der Waals surface area contributed by atoms with Gasteiger partial charge in [0.1, 0.15) is 29.8 Å². The third-order valence-corrected chi connectivity index (χ3v) is 15.4. The molecule has 0 spiro atoms. The van der Waals surface area contributed by atoms with Gasteiger partial charge in [-0.05, 0) is 99.6 Å². The predicted octanol–water partition coefficient (Wildman–Crippen LogP) is 5.09. The van der Waals surface area contributed by atoms with Crippen LogP contribution >= 0.6 is 11.6 Å². The number of nitrogens with one attached hydrogen (secondary N) is 3. The van der Waals surface area contributed by atoms with Crippen molar-refractivity contribution in [3.63, 3.8) is 0 Å². The summed E-state index contributed by atoms with van der Waals surface area (Å²) in [5.41, 5.74) is -1.80. The Kier molecular flexibility index (Phi) is 11.6. The fourth-order valence-electron chi connectivity index (χ4n) is 9.85. The van der Waals surface area contributed by atoms with Crippen LogP contribution in [0.3, 0.4) is 0 Å². The normalized spacial score (nSPS) is 31.1. The van der Waals surface area contributed by atoms with Crippen LogP contribution in [0.5, 0.6) is 5.88 Å². The number of sulfonamides is 1. The number of halogens is 1. The molecule has 4 saturated carbocycles. The molecule has 58 heavy (non-hydrogen) atoms. The Labute approximate surface area is 343 Å². The minimum Gasteiger partial charge on any atom is -0.473 e. The summed E-state index contributed by atoms with van der Waals surface area (Å²) < 4.78 is 42.1. The Morgan fingerprint density at radius 2 is 1.64 bits per heavy atom. The van der Waals surface area contributed by atoms with Crippen molar-refractivity contribution in [2.24, 2.45) is 17.8 Å². The highest BCUT2D eigenvalue weighted by atomic mass is 35.5. The SMILES string of the molecule is C=C[C@@H]1C[C@]1(NC(=O)[C@@H]1C[C@@H]2CN1C(=O)[C@H](C1CCCCC1)NC(=O)O[C@@H]1CCC[C@H]1CCCCCn1c(cc3cc(Cl)ccc3c1=O)O2)C(=O)NS(=O)(=O)C1CC1. The van der Waals surface area contributed by atoms with Gasteiger partial charge in [0.05, 0.1) is 11.8 Å². The monoisotopic (exact) mass is 839 g/mol. The number of hydrogen-bond donors (Lipinski definition) is 3. The quantitative estimate of drug-likeness (QED) is 0.320. The molecule has 2 bridgehead atoms. The number of pyridine rings is 1. The third kappa shape index (κ3) is 8.35. The van der Waals surface area contributed by atoms with Crippen LogP contribution in [0.4, 0.5) is 4.79 Å². The molecular formula is C42H54ClN5O9S. The standard InChI is InChI=1S/C42H54ClN5O9S/c1-2-28-23-42(28,40(52)46-58(54,55)31-16-17-31)45-37(49)33-22-30-24-48(33)39(51)36(26-11-5-3-6-12-26)44-41(53)57-34-14-9-13-25(34)10-7-4-8-19-47-35(56-30)21-27-20-29(43)15-18-32(27)38(47)50/h2,15,18,20-21,25-26,28,30-31,33-34,36H,1,3-14,16-17,19,22-24H2,(H,44,53)(H,45,49)(H,46,52)/t25-,28-,30-,33+,34-,36+,42-/m1/s1. The Morgan fingerprint density at radius 3 is 2.36 bits per heavy atom. The lowest BCUT2D eigenvalue weighted by Crippen LogP contribution is -2.59. The number of amides is 4. The molecule has 4 amide bonds. The van der Waals surface area contributed by atoms with Gasteiger partial charge in [-0.15, -0.1) is 6.58 Å². The van der Waals surface area contributed by atoms with Crippen molar-refractivity contribution in [1.82, 2.24) is 24.8 Å². The van der Waals surface area contributed by atoms with Crippen LogP contribution in [0.2, 0.25) is 5.02 Å². The highest BCUT2D eigenvalue weighted by molar-refractivity contribution is 7.91. The van der Waals surface area contributed by atoms with Crippen molar-refractivity contribution in [3.8, 4) is 5.88 Å². The lowest BCUT2D eigenvalue weighted by atomic mass is 9.83. The topological polar surface area (TPSA) is 182 Å². The second kappa shape index (κ2) is 16.5. The molecule has 1 aromatic carbocycles. The Morgan fingerprint density at radius 1 is 0.914 bits per heavy atom. The molecule has 16 heteroatoms. The lowest BCUT2D eigenvalue weighted by molar-refractivity contribution is -0.142. The predicted molar refractivity (Wildman–Crippen MR) is 217 cm³/mol. The first-order chi connectivity index (χ1) is 27.9. The molecular weight excluding hydrogens is 786 g/mol. The van der Waals surface area contributed by atoms with Crippen molar-refractivity contribution in [1.29, 1.82) is 0 Å². The first-order valence-electron chi connectivity index (χ1n) is 21.1. The number of nitrogens with zero attached hydrogens (tertiary/aromatic N) is 2. The zero-order valence-corrected chi connectivity index (χ0v) is 34.4. The maximum absolute atomic E-state index is 15.0. The highest BCUT2D eigenvalue weighted by Crippen LogP contribution is 2.46. The van der Waals surface area contributed by atoms with Crippen LogP contribution in [0.15, 0.2) is 41.7 Å². The molecule has 0 radical (unpaired) electrons. The number of carbonyl (C=O) groups excluding carboxylic acids is 4. The fraction of sp³-hybridized carbons (Fsp3) is 0.643. The van der Waals surface area contributed by atoms with E-state index >= 15 is 0 Å². The van der Waals surface area contributed by atoms with E-state index in [0.29, 0.717) is 54.4 Å². The third-order valence-electron chi connectivity index (χ3n) is 13.4. The van der Waals surface area contributed by atoms with Crippen LogP contribution in [0.25, 0.3) is 10.8 Å². The van der Waals surface area contributed by atoms with E-state index in [9.17, 15) is 32.4 Å². The Bertz CT molecular complexity index is 2140. The second-order valence-corrected chi connectivity index (χ2v) is 19.7.